The molecule has 0 fully saturated rings. The van der Waals surface area contributed by atoms with E-state index in [1.54, 1.807) is 0 Å². The van der Waals surface area contributed by atoms with Gasteiger partial charge in [-0.05, 0) is 38.5 Å². The Morgan fingerprint density at radius 3 is 1.41 bits per heavy atom. The van der Waals surface area contributed by atoms with E-state index in [9.17, 15) is 20.1 Å². The third-order valence-corrected chi connectivity index (χ3v) is 8.37. The molecule has 5 heteroatoms. The molecule has 0 rings (SSSR count). The standard InChI is InChI=1S/C36H71NO4/c1-3-5-7-9-11-13-15-17-18-19-21-23-25-27-29-31-35(40)37-33(32-38)36(41)34(39)30-28-26-24-22-20-16-14-12-10-8-6-4-2/h17-18,33-34,36,38-39,41H,3-16,19-32H2,1-2H3,(H,37,40)/b18-17+/t33-,34-,36+/m0/s1. The van der Waals surface area contributed by atoms with E-state index < -0.39 is 18.2 Å². The molecule has 0 aliphatic carbocycles. The molecule has 0 unspecified atom stereocenters. The van der Waals surface area contributed by atoms with Crippen molar-refractivity contribution in [2.24, 2.45) is 0 Å². The largest absolute Gasteiger partial charge is 0.394 e. The van der Waals surface area contributed by atoms with Crippen molar-refractivity contribution in [3.05, 3.63) is 12.2 Å². The molecule has 3 atom stereocenters. The Hall–Kier alpha value is -0.910. The van der Waals surface area contributed by atoms with E-state index in [0.29, 0.717) is 12.8 Å². The molecule has 5 nitrogen and oxygen atoms in total. The summed E-state index contributed by atoms with van der Waals surface area (Å²) in [6.07, 6.45) is 34.4. The maximum absolute atomic E-state index is 12.3. The lowest BCUT2D eigenvalue weighted by molar-refractivity contribution is -0.124. The van der Waals surface area contributed by atoms with Crippen LogP contribution in [0.3, 0.4) is 0 Å². The molecule has 1 amide bonds. The van der Waals surface area contributed by atoms with Crippen molar-refractivity contribution >= 4 is 5.91 Å². The first-order valence-corrected chi connectivity index (χ1v) is 18.0. The predicted octanol–water partition coefficient (Wildman–Crippen LogP) is 9.31. The first-order valence-electron chi connectivity index (χ1n) is 18.0. The number of hydrogen-bond donors (Lipinski definition) is 4. The number of aliphatic hydroxyl groups excluding tert-OH is 3. The highest BCUT2D eigenvalue weighted by Gasteiger charge is 2.26. The molecule has 4 N–H and O–H groups in total. The highest BCUT2D eigenvalue weighted by atomic mass is 16.3. The Kier molecular flexibility index (Phi) is 31.3. The average molecular weight is 582 g/mol. The second-order valence-corrected chi connectivity index (χ2v) is 12.4. The van der Waals surface area contributed by atoms with Gasteiger partial charge in [0.2, 0.25) is 5.91 Å². The van der Waals surface area contributed by atoms with Crippen LogP contribution >= 0.6 is 0 Å². The zero-order valence-electron chi connectivity index (χ0n) is 27.4. The Labute approximate surface area is 255 Å². The highest BCUT2D eigenvalue weighted by Crippen LogP contribution is 2.15. The Bertz CT molecular complexity index is 568. The molecule has 244 valence electrons. The Balaban J connectivity index is 3.71. The number of carbonyl (C=O) groups excluding carboxylic acids is 1. The monoisotopic (exact) mass is 582 g/mol. The fourth-order valence-electron chi connectivity index (χ4n) is 5.51. The quantitative estimate of drug-likeness (QED) is 0.0471. The molecule has 0 aromatic heterocycles. The fourth-order valence-corrected chi connectivity index (χ4v) is 5.51. The van der Waals surface area contributed by atoms with Crippen LogP contribution in [0.15, 0.2) is 12.2 Å². The summed E-state index contributed by atoms with van der Waals surface area (Å²) in [5.74, 6) is -0.154. The minimum absolute atomic E-state index is 0.154. The molecule has 0 aliphatic heterocycles. The Morgan fingerprint density at radius 2 is 0.976 bits per heavy atom. The molecule has 0 aliphatic rings. The molecule has 0 aromatic carbocycles. The zero-order chi connectivity index (χ0) is 30.2. The van der Waals surface area contributed by atoms with Crippen molar-refractivity contribution in [1.82, 2.24) is 5.32 Å². The van der Waals surface area contributed by atoms with Crippen LogP contribution in [-0.2, 0) is 4.79 Å². The van der Waals surface area contributed by atoms with E-state index >= 15 is 0 Å². The van der Waals surface area contributed by atoms with Crippen LogP contribution in [0.5, 0.6) is 0 Å². The van der Waals surface area contributed by atoms with Crippen molar-refractivity contribution in [2.45, 2.75) is 205 Å². The minimum atomic E-state index is -1.13. The molecule has 0 saturated heterocycles. The smallest absolute Gasteiger partial charge is 0.220 e. The number of aliphatic hydroxyl groups is 3. The summed E-state index contributed by atoms with van der Waals surface area (Å²) in [6.45, 7) is 4.15. The summed E-state index contributed by atoms with van der Waals surface area (Å²) in [4.78, 5) is 12.3. The van der Waals surface area contributed by atoms with Crippen molar-refractivity contribution in [3.63, 3.8) is 0 Å². The first kappa shape index (κ1) is 40.1. The molecular weight excluding hydrogens is 510 g/mol. The van der Waals surface area contributed by atoms with Gasteiger partial charge in [-0.25, -0.2) is 0 Å². The third-order valence-electron chi connectivity index (χ3n) is 8.37. The van der Waals surface area contributed by atoms with Crippen LogP contribution < -0.4 is 5.32 Å². The van der Waals surface area contributed by atoms with Crippen molar-refractivity contribution in [2.75, 3.05) is 6.61 Å². The minimum Gasteiger partial charge on any atom is -0.394 e. The molecule has 0 spiro atoms. The second-order valence-electron chi connectivity index (χ2n) is 12.4. The number of amides is 1. The van der Waals surface area contributed by atoms with Gasteiger partial charge in [-0.1, -0.05) is 154 Å². The lowest BCUT2D eigenvalue weighted by Gasteiger charge is -2.26. The number of allylic oxidation sites excluding steroid dienone is 2. The van der Waals surface area contributed by atoms with E-state index in [1.807, 2.05) is 0 Å². The van der Waals surface area contributed by atoms with Crippen molar-refractivity contribution in [1.29, 1.82) is 0 Å². The topological polar surface area (TPSA) is 89.8 Å². The lowest BCUT2D eigenvalue weighted by Crippen LogP contribution is -2.50. The van der Waals surface area contributed by atoms with E-state index in [1.165, 1.54) is 116 Å². The van der Waals surface area contributed by atoms with Crippen LogP contribution in [0.1, 0.15) is 187 Å². The molecular formula is C36H71NO4. The van der Waals surface area contributed by atoms with Gasteiger partial charge in [-0.15, -0.1) is 0 Å². The summed E-state index contributed by atoms with van der Waals surface area (Å²) in [5.41, 5.74) is 0. The normalized spacial score (nSPS) is 14.0. The average Bonchev–Trinajstić information content (AvgIpc) is 2.97. The Morgan fingerprint density at radius 1 is 0.585 bits per heavy atom. The summed E-state index contributed by atoms with van der Waals surface area (Å²) >= 11 is 0. The van der Waals surface area contributed by atoms with Crippen molar-refractivity contribution < 1.29 is 20.1 Å². The molecule has 0 radical (unpaired) electrons. The highest BCUT2D eigenvalue weighted by molar-refractivity contribution is 5.76. The van der Waals surface area contributed by atoms with E-state index in [4.69, 9.17) is 0 Å². The van der Waals surface area contributed by atoms with Crippen LogP contribution in [0, 0.1) is 0 Å². The van der Waals surface area contributed by atoms with Gasteiger partial charge < -0.3 is 20.6 Å². The number of unbranched alkanes of at least 4 members (excludes halogenated alkanes) is 22. The third kappa shape index (κ3) is 27.7. The predicted molar refractivity (Wildman–Crippen MR) is 176 cm³/mol. The van der Waals surface area contributed by atoms with E-state index in [0.717, 1.165) is 44.9 Å². The number of nitrogens with one attached hydrogen (secondary N) is 1. The molecule has 0 saturated carbocycles. The van der Waals surface area contributed by atoms with Gasteiger partial charge in [0.25, 0.3) is 0 Å². The van der Waals surface area contributed by atoms with E-state index in [2.05, 4.69) is 31.3 Å². The number of rotatable bonds is 32. The van der Waals surface area contributed by atoms with Gasteiger partial charge in [0.05, 0.1) is 18.8 Å². The van der Waals surface area contributed by atoms with Gasteiger partial charge in [0.15, 0.2) is 0 Å². The van der Waals surface area contributed by atoms with Crippen LogP contribution in [0.4, 0.5) is 0 Å². The second kappa shape index (κ2) is 32.0. The lowest BCUT2D eigenvalue weighted by atomic mass is 9.99. The molecule has 0 aromatic rings. The maximum Gasteiger partial charge on any atom is 0.220 e. The van der Waals surface area contributed by atoms with Crippen LogP contribution in [0.2, 0.25) is 0 Å². The molecule has 41 heavy (non-hydrogen) atoms. The summed E-state index contributed by atoms with van der Waals surface area (Å²) in [6, 6.07) is -0.807. The van der Waals surface area contributed by atoms with Gasteiger partial charge in [-0.3, -0.25) is 4.79 Å². The number of hydrogen-bond acceptors (Lipinski definition) is 4. The van der Waals surface area contributed by atoms with Crippen LogP contribution in [0.25, 0.3) is 0 Å². The SMILES string of the molecule is CCCCCCCC/C=C/CCCCCCCC(=O)N[C@@H](CO)[C@@H](O)[C@@H](O)CCCCCCCCCCCCCC. The van der Waals surface area contributed by atoms with Gasteiger partial charge >= 0.3 is 0 Å². The molecule has 0 bridgehead atoms. The molecule has 0 heterocycles. The maximum atomic E-state index is 12.3. The van der Waals surface area contributed by atoms with Gasteiger partial charge in [-0.2, -0.15) is 0 Å². The number of carbonyl (C=O) groups is 1. The fraction of sp³-hybridized carbons (Fsp3) is 0.917. The summed E-state index contributed by atoms with van der Waals surface area (Å²) in [5, 5.41) is 33.3. The van der Waals surface area contributed by atoms with Gasteiger partial charge in [0, 0.05) is 6.42 Å². The first-order chi connectivity index (χ1) is 20.1. The summed E-state index contributed by atoms with van der Waals surface area (Å²) in [7, 11) is 0. The van der Waals surface area contributed by atoms with Gasteiger partial charge in [0.1, 0.15) is 6.10 Å². The van der Waals surface area contributed by atoms with E-state index in [-0.39, 0.29) is 12.5 Å². The summed E-state index contributed by atoms with van der Waals surface area (Å²) < 4.78 is 0. The zero-order valence-corrected chi connectivity index (χ0v) is 27.4. The van der Waals surface area contributed by atoms with Crippen LogP contribution in [-0.4, -0.2) is 46.1 Å². The van der Waals surface area contributed by atoms with Crippen molar-refractivity contribution in [3.8, 4) is 0 Å².